The van der Waals surface area contributed by atoms with Crippen molar-refractivity contribution in [3.05, 3.63) is 29.8 Å². The first-order valence-electron chi connectivity index (χ1n) is 5.80. The zero-order chi connectivity index (χ0) is 13.1. The van der Waals surface area contributed by atoms with Gasteiger partial charge in [-0.25, -0.2) is 0 Å². The van der Waals surface area contributed by atoms with E-state index in [0.717, 1.165) is 11.3 Å². The number of nitrogens with zero attached hydrogens (tertiary/aromatic N) is 1. The summed E-state index contributed by atoms with van der Waals surface area (Å²) in [4.78, 5) is 24.6. The maximum atomic E-state index is 11.8. The van der Waals surface area contributed by atoms with Crippen molar-refractivity contribution in [1.29, 1.82) is 0 Å². The summed E-state index contributed by atoms with van der Waals surface area (Å²) in [7, 11) is 3.30. The third-order valence-electron chi connectivity index (χ3n) is 2.85. The van der Waals surface area contributed by atoms with E-state index in [2.05, 4.69) is 5.32 Å². The lowest BCUT2D eigenvalue weighted by molar-refractivity contribution is -0.133. The lowest BCUT2D eigenvalue weighted by Crippen LogP contribution is -2.42. The van der Waals surface area contributed by atoms with Gasteiger partial charge in [0.15, 0.2) is 6.10 Å². The van der Waals surface area contributed by atoms with Gasteiger partial charge in [-0.15, -0.1) is 0 Å². The fourth-order valence-corrected chi connectivity index (χ4v) is 1.76. The molecule has 5 nitrogen and oxygen atoms in total. The quantitative estimate of drug-likeness (QED) is 0.831. The van der Waals surface area contributed by atoms with Crippen LogP contribution in [0, 0.1) is 0 Å². The summed E-state index contributed by atoms with van der Waals surface area (Å²) in [6.45, 7) is 0.00202. The van der Waals surface area contributed by atoms with Crippen LogP contribution < -0.4 is 10.1 Å². The molecule has 2 amide bonds. The molecule has 0 saturated carbocycles. The Morgan fingerprint density at radius 1 is 1.39 bits per heavy atom. The first-order valence-corrected chi connectivity index (χ1v) is 5.80. The Morgan fingerprint density at radius 3 is 2.78 bits per heavy atom. The second-order valence-corrected chi connectivity index (χ2v) is 4.42. The van der Waals surface area contributed by atoms with Crippen LogP contribution in [-0.2, 0) is 16.0 Å². The average Bonchev–Trinajstić information content (AvgIpc) is 2.79. The lowest BCUT2D eigenvalue weighted by Gasteiger charge is -2.13. The molecule has 0 unspecified atom stereocenters. The maximum absolute atomic E-state index is 11.8. The number of amides is 2. The summed E-state index contributed by atoms with van der Waals surface area (Å²) in [5.41, 5.74) is 1.02. The van der Waals surface area contributed by atoms with Gasteiger partial charge in [-0.05, 0) is 11.6 Å². The van der Waals surface area contributed by atoms with Crippen molar-refractivity contribution in [3.8, 4) is 5.75 Å². The number of hydrogen-bond donors (Lipinski definition) is 1. The van der Waals surface area contributed by atoms with E-state index in [4.69, 9.17) is 4.74 Å². The molecule has 1 N–H and O–H groups in total. The zero-order valence-corrected chi connectivity index (χ0v) is 10.5. The van der Waals surface area contributed by atoms with Crippen LogP contribution in [0.2, 0.25) is 0 Å². The van der Waals surface area contributed by atoms with Crippen LogP contribution in [-0.4, -0.2) is 43.5 Å². The molecule has 0 spiro atoms. The van der Waals surface area contributed by atoms with Crippen LogP contribution in [0.15, 0.2) is 24.3 Å². The Labute approximate surface area is 106 Å². The molecule has 1 aliphatic rings. The van der Waals surface area contributed by atoms with Crippen molar-refractivity contribution in [2.24, 2.45) is 0 Å². The number of likely N-dealkylation sites (N-methyl/N-ethyl adjacent to an activating group) is 1. The number of fused-ring (bicyclic) bond motifs is 1. The van der Waals surface area contributed by atoms with E-state index in [1.54, 1.807) is 14.1 Å². The Kier molecular flexibility index (Phi) is 3.50. The van der Waals surface area contributed by atoms with Crippen LogP contribution >= 0.6 is 0 Å². The highest BCUT2D eigenvalue weighted by Crippen LogP contribution is 2.27. The molecule has 2 rings (SSSR count). The van der Waals surface area contributed by atoms with E-state index in [9.17, 15) is 9.59 Å². The Balaban J connectivity index is 1.88. The minimum absolute atomic E-state index is 0.00202. The molecule has 0 radical (unpaired) electrons. The molecule has 0 aromatic heterocycles. The standard InChI is InChI=1S/C13H16N2O3/c1-15(2)12(16)8-14-13(17)11-7-9-5-3-4-6-10(9)18-11/h3-6,11H,7-8H2,1-2H3,(H,14,17)/t11-/m1/s1. The van der Waals surface area contributed by atoms with E-state index < -0.39 is 6.10 Å². The topological polar surface area (TPSA) is 58.6 Å². The molecule has 18 heavy (non-hydrogen) atoms. The van der Waals surface area contributed by atoms with Gasteiger partial charge >= 0.3 is 0 Å². The van der Waals surface area contributed by atoms with E-state index in [-0.39, 0.29) is 18.4 Å². The van der Waals surface area contributed by atoms with Gasteiger partial charge in [0, 0.05) is 20.5 Å². The van der Waals surface area contributed by atoms with Gasteiger partial charge in [0.25, 0.3) is 5.91 Å². The molecule has 1 aromatic carbocycles. The molecule has 1 atom stereocenters. The second-order valence-electron chi connectivity index (χ2n) is 4.42. The van der Waals surface area contributed by atoms with Crippen LogP contribution in [0.1, 0.15) is 5.56 Å². The van der Waals surface area contributed by atoms with E-state index in [0.29, 0.717) is 6.42 Å². The zero-order valence-electron chi connectivity index (χ0n) is 10.5. The fraction of sp³-hybridized carbons (Fsp3) is 0.385. The van der Waals surface area contributed by atoms with E-state index in [1.807, 2.05) is 24.3 Å². The smallest absolute Gasteiger partial charge is 0.261 e. The molecule has 1 aliphatic heterocycles. The number of carbonyl (C=O) groups is 2. The van der Waals surface area contributed by atoms with Crippen molar-refractivity contribution in [1.82, 2.24) is 10.2 Å². The fourth-order valence-electron chi connectivity index (χ4n) is 1.76. The molecule has 0 bridgehead atoms. The highest BCUT2D eigenvalue weighted by Gasteiger charge is 2.28. The monoisotopic (exact) mass is 248 g/mol. The Hall–Kier alpha value is -2.04. The molecule has 96 valence electrons. The number of ether oxygens (including phenoxy) is 1. The van der Waals surface area contributed by atoms with Crippen LogP contribution in [0.4, 0.5) is 0 Å². The van der Waals surface area contributed by atoms with Crippen LogP contribution in [0.5, 0.6) is 5.75 Å². The summed E-state index contributed by atoms with van der Waals surface area (Å²) in [6.07, 6.45) is 0.0235. The summed E-state index contributed by atoms with van der Waals surface area (Å²) in [6, 6.07) is 7.56. The van der Waals surface area contributed by atoms with Crippen molar-refractivity contribution >= 4 is 11.8 Å². The third-order valence-corrected chi connectivity index (χ3v) is 2.85. The molecule has 1 aromatic rings. The molecule has 1 heterocycles. The minimum Gasteiger partial charge on any atom is -0.480 e. The highest BCUT2D eigenvalue weighted by molar-refractivity contribution is 5.87. The van der Waals surface area contributed by atoms with Gasteiger partial charge in [-0.1, -0.05) is 18.2 Å². The second kappa shape index (κ2) is 5.08. The molecular formula is C13H16N2O3. The van der Waals surface area contributed by atoms with Gasteiger partial charge in [0.05, 0.1) is 6.54 Å². The van der Waals surface area contributed by atoms with Gasteiger partial charge in [-0.2, -0.15) is 0 Å². The highest BCUT2D eigenvalue weighted by atomic mass is 16.5. The van der Waals surface area contributed by atoms with Gasteiger partial charge < -0.3 is 15.0 Å². The van der Waals surface area contributed by atoms with Gasteiger partial charge in [-0.3, -0.25) is 9.59 Å². The first-order chi connectivity index (χ1) is 8.58. The predicted octanol–water partition coefficient (Wildman–Crippen LogP) is 0.195. The van der Waals surface area contributed by atoms with Crippen LogP contribution in [0.25, 0.3) is 0 Å². The predicted molar refractivity (Wildman–Crippen MR) is 66.3 cm³/mol. The van der Waals surface area contributed by atoms with Crippen molar-refractivity contribution in [2.75, 3.05) is 20.6 Å². The number of carbonyl (C=O) groups excluding carboxylic acids is 2. The van der Waals surface area contributed by atoms with E-state index in [1.165, 1.54) is 4.90 Å². The number of hydrogen-bond acceptors (Lipinski definition) is 3. The molecular weight excluding hydrogens is 232 g/mol. The first kappa shape index (κ1) is 12.4. The summed E-state index contributed by atoms with van der Waals surface area (Å²) in [5.74, 6) is 0.358. The number of nitrogens with one attached hydrogen (secondary N) is 1. The lowest BCUT2D eigenvalue weighted by atomic mass is 10.1. The summed E-state index contributed by atoms with van der Waals surface area (Å²) < 4.78 is 5.52. The van der Waals surface area contributed by atoms with Gasteiger partial charge in [0.1, 0.15) is 5.75 Å². The minimum atomic E-state index is -0.530. The number of benzene rings is 1. The largest absolute Gasteiger partial charge is 0.480 e. The van der Waals surface area contributed by atoms with Gasteiger partial charge in [0.2, 0.25) is 5.91 Å². The Morgan fingerprint density at radius 2 is 2.11 bits per heavy atom. The van der Waals surface area contributed by atoms with Crippen molar-refractivity contribution < 1.29 is 14.3 Å². The number of para-hydroxylation sites is 1. The molecule has 0 aliphatic carbocycles. The SMILES string of the molecule is CN(C)C(=O)CNC(=O)[C@H]1Cc2ccccc2O1. The number of rotatable bonds is 3. The molecule has 0 fully saturated rings. The normalized spacial score (nSPS) is 16.7. The van der Waals surface area contributed by atoms with Crippen molar-refractivity contribution in [2.45, 2.75) is 12.5 Å². The molecule has 5 heteroatoms. The summed E-state index contributed by atoms with van der Waals surface area (Å²) >= 11 is 0. The Bertz CT molecular complexity index is 446. The van der Waals surface area contributed by atoms with Crippen LogP contribution in [0.3, 0.4) is 0 Å². The van der Waals surface area contributed by atoms with Crippen molar-refractivity contribution in [3.63, 3.8) is 0 Å². The average molecular weight is 248 g/mol. The summed E-state index contributed by atoms with van der Waals surface area (Å²) in [5, 5.41) is 2.59. The maximum Gasteiger partial charge on any atom is 0.261 e. The van der Waals surface area contributed by atoms with E-state index >= 15 is 0 Å². The molecule has 0 saturated heterocycles. The third kappa shape index (κ3) is 2.61.